The van der Waals surface area contributed by atoms with E-state index in [0.717, 1.165) is 89.8 Å². The van der Waals surface area contributed by atoms with Gasteiger partial charge in [-0.25, -0.2) is 0 Å². The van der Waals surface area contributed by atoms with Crippen LogP contribution in [0, 0.1) is 6.08 Å². The van der Waals surface area contributed by atoms with E-state index >= 15 is 0 Å². The van der Waals surface area contributed by atoms with Gasteiger partial charge in [0.15, 0.2) is 0 Å². The molecule has 12 heteroatoms. The zero-order valence-electron chi connectivity index (χ0n) is 23.1. The summed E-state index contributed by atoms with van der Waals surface area (Å²) >= 11 is 4.68. The molecule has 226 valence electrons. The number of allylic oxidation sites excluding steroid dienone is 2. The molecule has 4 aromatic heterocycles. The maximum Gasteiger partial charge on any atom is 0.455 e. The molecule has 0 aliphatic heterocycles. The van der Waals surface area contributed by atoms with Gasteiger partial charge in [-0.15, -0.1) is 22.7 Å². The number of halogens is 6. The van der Waals surface area contributed by atoms with Gasteiger partial charge in [-0.1, -0.05) is 49.4 Å². The van der Waals surface area contributed by atoms with Gasteiger partial charge in [0.1, 0.15) is 22.1 Å². The zero-order chi connectivity index (χ0) is 31.6. The highest BCUT2D eigenvalue weighted by Crippen LogP contribution is 2.48. The molecule has 4 heterocycles. The van der Waals surface area contributed by atoms with Crippen LogP contribution in [0.15, 0.2) is 36.4 Å². The third kappa shape index (κ3) is 5.47. The lowest BCUT2D eigenvalue weighted by molar-refractivity contribution is -0.0885. The molecule has 2 nitrogen and oxygen atoms in total. The van der Waals surface area contributed by atoms with Gasteiger partial charge < -0.3 is 0 Å². The molecule has 0 amide bonds. The molecule has 0 saturated heterocycles. The van der Waals surface area contributed by atoms with Crippen LogP contribution in [0.2, 0.25) is 0 Å². The van der Waals surface area contributed by atoms with Crippen LogP contribution < -0.4 is 0 Å². The Hall–Kier alpha value is -3.15. The number of ketones is 2. The summed E-state index contributed by atoms with van der Waals surface area (Å²) < 4.78 is 80.3. The first kappa shape index (κ1) is 30.9. The Morgan fingerprint density at radius 3 is 1.68 bits per heavy atom. The summed E-state index contributed by atoms with van der Waals surface area (Å²) in [5, 5.41) is 1.40. The number of thiophene rings is 4. The fourth-order valence-electron chi connectivity index (χ4n) is 5.33. The summed E-state index contributed by atoms with van der Waals surface area (Å²) in [6, 6.07) is 10.2. The number of hydrogen-bond donors (Lipinski definition) is 0. The first-order valence-corrected chi connectivity index (χ1v) is 16.9. The van der Waals surface area contributed by atoms with Gasteiger partial charge in [-0.3, -0.25) is 9.59 Å². The van der Waals surface area contributed by atoms with Gasteiger partial charge in [0, 0.05) is 36.0 Å². The number of fused-ring (bicyclic) bond motifs is 6. The van der Waals surface area contributed by atoms with E-state index < -0.39 is 23.9 Å². The van der Waals surface area contributed by atoms with Gasteiger partial charge in [0.25, 0.3) is 11.6 Å². The first-order valence-electron chi connectivity index (χ1n) is 13.6. The second-order valence-electron chi connectivity index (χ2n) is 10.3. The van der Waals surface area contributed by atoms with Crippen molar-refractivity contribution >= 4 is 94.3 Å². The quantitative estimate of drug-likeness (QED) is 0.0911. The van der Waals surface area contributed by atoms with E-state index in [4.69, 9.17) is 0 Å². The van der Waals surface area contributed by atoms with Crippen molar-refractivity contribution in [3.63, 3.8) is 0 Å². The van der Waals surface area contributed by atoms with Crippen molar-refractivity contribution in [3.8, 4) is 11.1 Å². The topological polar surface area (TPSA) is 34.1 Å². The van der Waals surface area contributed by atoms with E-state index in [1.54, 1.807) is 23.5 Å². The third-order valence-corrected chi connectivity index (χ3v) is 11.7. The number of carbonyl (C=O) groups excluding carboxylic acids is 2. The molecule has 6 rings (SSSR count). The molecule has 0 bridgehead atoms. The lowest BCUT2D eigenvalue weighted by Crippen LogP contribution is -2.21. The Kier molecular flexibility index (Phi) is 7.95. The standard InChI is InChI=1S/C32H21F6O2S4/c1-3-5-15(25-11-17-19-13-27(29(39)31(33,34)35)43-23(19)9-7-21(17)41-25)16(6-4-2)26-12-18-20-14-28(30(40)32(36,37)38)44-24(20)10-8-22(18)42-26/h7,9-14H,3-6H2,1-2H3/q+1/b16-15-. The fourth-order valence-corrected chi connectivity index (χ4v) is 9.70. The Morgan fingerprint density at radius 2 is 1.14 bits per heavy atom. The minimum absolute atomic E-state index is 0.342. The van der Waals surface area contributed by atoms with Crippen molar-refractivity contribution in [2.75, 3.05) is 0 Å². The van der Waals surface area contributed by atoms with Gasteiger partial charge in [-0.05, 0) is 54.3 Å². The van der Waals surface area contributed by atoms with E-state index in [-0.39, 0.29) is 9.75 Å². The largest absolute Gasteiger partial charge is 0.455 e. The number of alkyl halides is 6. The Balaban J connectivity index is 1.46. The van der Waals surface area contributed by atoms with Gasteiger partial charge in [-0.2, -0.15) is 26.3 Å². The average Bonchev–Trinajstić information content (AvgIpc) is 3.75. The fraction of sp³-hybridized carbons (Fsp3) is 0.250. The molecule has 0 radical (unpaired) electrons. The van der Waals surface area contributed by atoms with Gasteiger partial charge in [0.05, 0.1) is 15.8 Å². The predicted molar refractivity (Wildman–Crippen MR) is 169 cm³/mol. The first-order chi connectivity index (χ1) is 20.8. The molecule has 1 aromatic carbocycles. The number of benzene rings is 1. The van der Waals surface area contributed by atoms with Crippen molar-refractivity contribution in [2.24, 2.45) is 0 Å². The van der Waals surface area contributed by atoms with Crippen LogP contribution in [0.5, 0.6) is 0 Å². The number of Topliss-reactive ketones (excluding diaryl/α,β-unsaturated/α-hetero) is 2. The van der Waals surface area contributed by atoms with E-state index in [2.05, 4.69) is 19.9 Å². The van der Waals surface area contributed by atoms with Gasteiger partial charge >= 0.3 is 12.4 Å². The molecule has 0 saturated carbocycles. The minimum atomic E-state index is -4.95. The van der Waals surface area contributed by atoms with E-state index in [0.29, 0.717) is 20.5 Å². The summed E-state index contributed by atoms with van der Waals surface area (Å²) in [4.78, 5) is 26.4. The normalized spacial score (nSPS) is 13.6. The molecule has 0 N–H and O–H groups in total. The third-order valence-electron chi connectivity index (χ3n) is 7.24. The van der Waals surface area contributed by atoms with Crippen LogP contribution in [0.4, 0.5) is 26.3 Å². The monoisotopic (exact) mass is 679 g/mol. The van der Waals surface area contributed by atoms with Gasteiger partial charge in [0.2, 0.25) is 4.88 Å². The molecule has 1 aliphatic carbocycles. The van der Waals surface area contributed by atoms with Crippen LogP contribution in [0.1, 0.15) is 78.4 Å². The maximum absolute atomic E-state index is 13.1. The number of rotatable bonds is 8. The van der Waals surface area contributed by atoms with Crippen LogP contribution in [-0.4, -0.2) is 23.9 Å². The molecule has 44 heavy (non-hydrogen) atoms. The zero-order valence-corrected chi connectivity index (χ0v) is 26.4. The van der Waals surface area contributed by atoms with Crippen LogP contribution in [0.3, 0.4) is 0 Å². The second kappa shape index (κ2) is 11.3. The van der Waals surface area contributed by atoms with Crippen LogP contribution in [0.25, 0.3) is 48.5 Å². The highest BCUT2D eigenvalue weighted by molar-refractivity contribution is 7.22. The van der Waals surface area contributed by atoms with Crippen molar-refractivity contribution < 1.29 is 35.9 Å². The SMILES string of the molecule is CCC/C(=C(\CCC)c1cc2c(ccc3sc(C(=O)C(F)(F)F)cc32)s1)c1cc2c(s1)[C+]=Cc1sc(C(=O)C(F)(F)F)cc1-2. The smallest absolute Gasteiger partial charge is 0.283 e. The highest BCUT2D eigenvalue weighted by atomic mass is 32.1. The summed E-state index contributed by atoms with van der Waals surface area (Å²) in [5.74, 6) is -3.71. The molecular weight excluding hydrogens is 659 g/mol. The molecule has 0 unspecified atom stereocenters. The lowest BCUT2D eigenvalue weighted by Gasteiger charge is -2.12. The van der Waals surface area contributed by atoms with Crippen molar-refractivity contribution in [2.45, 2.75) is 51.9 Å². The van der Waals surface area contributed by atoms with Crippen molar-refractivity contribution in [1.82, 2.24) is 0 Å². The lowest BCUT2D eigenvalue weighted by atomic mass is 9.95. The predicted octanol–water partition coefficient (Wildman–Crippen LogP) is 12.1. The Morgan fingerprint density at radius 1 is 0.659 bits per heavy atom. The second-order valence-corrected chi connectivity index (χ2v) is 14.6. The average molecular weight is 680 g/mol. The molecule has 0 atom stereocenters. The summed E-state index contributed by atoms with van der Waals surface area (Å²) in [5.41, 5.74) is 3.52. The Labute approximate surface area is 264 Å². The molecular formula is C32H21F6O2S4+. The van der Waals surface area contributed by atoms with E-state index in [1.807, 2.05) is 18.2 Å². The molecule has 1 aliphatic rings. The molecule has 5 aromatic rings. The number of carbonyl (C=O) groups is 2. The molecule has 0 spiro atoms. The van der Waals surface area contributed by atoms with E-state index in [9.17, 15) is 35.9 Å². The highest BCUT2D eigenvalue weighted by Gasteiger charge is 2.43. The summed E-state index contributed by atoms with van der Waals surface area (Å²) in [6.07, 6.45) is -1.94. The van der Waals surface area contributed by atoms with E-state index in [1.165, 1.54) is 23.5 Å². The number of hydrogen-bond acceptors (Lipinski definition) is 6. The summed E-state index contributed by atoms with van der Waals surface area (Å²) in [6.45, 7) is 4.13. The van der Waals surface area contributed by atoms with Crippen molar-refractivity contribution in [3.05, 3.63) is 71.7 Å². The maximum atomic E-state index is 13.1. The molecule has 0 fully saturated rings. The van der Waals surface area contributed by atoms with Crippen LogP contribution >= 0.6 is 45.3 Å². The Bertz CT molecular complexity index is 2010. The summed E-state index contributed by atoms with van der Waals surface area (Å²) in [7, 11) is 0. The van der Waals surface area contributed by atoms with Crippen molar-refractivity contribution in [1.29, 1.82) is 0 Å². The minimum Gasteiger partial charge on any atom is -0.283 e. The van der Waals surface area contributed by atoms with Crippen LogP contribution in [-0.2, 0) is 0 Å².